The van der Waals surface area contributed by atoms with Crippen LogP contribution < -0.4 is 5.32 Å². The minimum atomic E-state index is 0.607. The minimum Gasteiger partial charge on any atom is -0.310 e. The van der Waals surface area contributed by atoms with Gasteiger partial charge in [0.2, 0.25) is 0 Å². The molecule has 1 heteroatoms. The lowest BCUT2D eigenvalue weighted by Crippen LogP contribution is -2.17. The third-order valence-corrected chi connectivity index (χ3v) is 5.19. The highest BCUT2D eigenvalue weighted by Gasteiger charge is 2.27. The molecule has 1 aliphatic rings. The Morgan fingerprint density at radius 3 is 2.18 bits per heavy atom. The summed E-state index contributed by atoms with van der Waals surface area (Å²) in [5, 5.41) is 3.70. The Labute approximate surface area is 137 Å². The summed E-state index contributed by atoms with van der Waals surface area (Å²) in [7, 11) is 0. The van der Waals surface area contributed by atoms with Gasteiger partial charge >= 0.3 is 0 Å². The summed E-state index contributed by atoms with van der Waals surface area (Å²) in [5.74, 6) is 0.854. The van der Waals surface area contributed by atoms with Crippen LogP contribution in [0.15, 0.2) is 30.3 Å². The third kappa shape index (κ3) is 6.12. The molecule has 1 heterocycles. The molecule has 1 aromatic rings. The summed E-state index contributed by atoms with van der Waals surface area (Å²) in [4.78, 5) is 0. The van der Waals surface area contributed by atoms with Crippen molar-refractivity contribution < 1.29 is 0 Å². The van der Waals surface area contributed by atoms with E-state index in [1.807, 2.05) is 0 Å². The van der Waals surface area contributed by atoms with Gasteiger partial charge in [0.25, 0.3) is 0 Å². The summed E-state index contributed by atoms with van der Waals surface area (Å²) in [6, 6.07) is 11.6. The Hall–Kier alpha value is -0.820. The summed E-state index contributed by atoms with van der Waals surface area (Å²) in [5.41, 5.74) is 1.49. The van der Waals surface area contributed by atoms with Crippen LogP contribution in [0.3, 0.4) is 0 Å². The first kappa shape index (κ1) is 17.5. The van der Waals surface area contributed by atoms with Gasteiger partial charge in [-0.1, -0.05) is 95.0 Å². The molecule has 1 aliphatic heterocycles. The Morgan fingerprint density at radius 1 is 0.864 bits per heavy atom. The predicted molar refractivity (Wildman–Crippen MR) is 97.1 cm³/mol. The van der Waals surface area contributed by atoms with Crippen molar-refractivity contribution in [3.63, 3.8) is 0 Å². The van der Waals surface area contributed by atoms with Crippen molar-refractivity contribution in [3.05, 3.63) is 35.9 Å². The standard InChI is InChI=1S/C21H35N/c1-2-3-4-5-6-7-8-9-11-16-20-17-18-22-21(20)19-14-12-10-13-15-19/h10,12-15,20-22H,2-9,11,16-18H2,1H3/t20-,21+/m1/s1. The zero-order valence-electron chi connectivity index (χ0n) is 14.5. The Balaban J connectivity index is 1.55. The van der Waals surface area contributed by atoms with Gasteiger partial charge in [-0.15, -0.1) is 0 Å². The molecule has 0 amide bonds. The molecule has 0 spiro atoms. The van der Waals surface area contributed by atoms with E-state index in [1.54, 1.807) is 0 Å². The summed E-state index contributed by atoms with van der Waals surface area (Å²) in [6.07, 6.45) is 15.7. The number of unbranched alkanes of at least 4 members (excludes halogenated alkanes) is 8. The molecule has 0 aliphatic carbocycles. The molecule has 2 atom stereocenters. The van der Waals surface area contributed by atoms with Crippen LogP contribution in [0.1, 0.15) is 89.2 Å². The topological polar surface area (TPSA) is 12.0 Å². The van der Waals surface area contributed by atoms with Gasteiger partial charge in [-0.3, -0.25) is 0 Å². The molecule has 0 unspecified atom stereocenters. The van der Waals surface area contributed by atoms with E-state index in [9.17, 15) is 0 Å². The van der Waals surface area contributed by atoms with Gasteiger partial charge in [0.15, 0.2) is 0 Å². The minimum absolute atomic E-state index is 0.607. The van der Waals surface area contributed by atoms with Gasteiger partial charge in [0.05, 0.1) is 0 Å². The zero-order chi connectivity index (χ0) is 15.5. The smallest absolute Gasteiger partial charge is 0.0349 e. The van der Waals surface area contributed by atoms with E-state index in [0.717, 1.165) is 5.92 Å². The maximum absolute atomic E-state index is 3.70. The van der Waals surface area contributed by atoms with Gasteiger partial charge in [-0.2, -0.15) is 0 Å². The van der Waals surface area contributed by atoms with Crippen LogP contribution in [-0.4, -0.2) is 6.54 Å². The molecule has 1 N–H and O–H groups in total. The van der Waals surface area contributed by atoms with Crippen LogP contribution in [0.5, 0.6) is 0 Å². The molecule has 1 fully saturated rings. The van der Waals surface area contributed by atoms with Gasteiger partial charge in [0.1, 0.15) is 0 Å². The fraction of sp³-hybridized carbons (Fsp3) is 0.714. The fourth-order valence-electron chi connectivity index (χ4n) is 3.84. The van der Waals surface area contributed by atoms with Crippen LogP contribution in [0, 0.1) is 5.92 Å². The first-order valence-corrected chi connectivity index (χ1v) is 9.70. The van der Waals surface area contributed by atoms with E-state index >= 15 is 0 Å². The van der Waals surface area contributed by atoms with Crippen molar-refractivity contribution in [2.45, 2.75) is 83.6 Å². The van der Waals surface area contributed by atoms with Crippen LogP contribution in [0.4, 0.5) is 0 Å². The second kappa shape index (κ2) is 10.8. The first-order chi connectivity index (χ1) is 10.9. The average Bonchev–Trinajstić information content (AvgIpc) is 3.02. The molecule has 1 saturated heterocycles. The molecule has 1 nitrogen and oxygen atoms in total. The van der Waals surface area contributed by atoms with E-state index in [2.05, 4.69) is 42.6 Å². The van der Waals surface area contributed by atoms with E-state index in [0.29, 0.717) is 6.04 Å². The van der Waals surface area contributed by atoms with Crippen LogP contribution in [0.2, 0.25) is 0 Å². The molecule has 0 radical (unpaired) electrons. The lowest BCUT2D eigenvalue weighted by Gasteiger charge is -2.20. The lowest BCUT2D eigenvalue weighted by atomic mass is 9.89. The SMILES string of the molecule is CCCCCCCCCCC[C@@H]1CCN[C@H]1c1ccccc1. The highest BCUT2D eigenvalue weighted by atomic mass is 14.9. The van der Waals surface area contributed by atoms with Crippen molar-refractivity contribution in [2.75, 3.05) is 6.54 Å². The first-order valence-electron chi connectivity index (χ1n) is 9.70. The number of hydrogen-bond donors (Lipinski definition) is 1. The Kier molecular flexibility index (Phi) is 8.63. The molecule has 22 heavy (non-hydrogen) atoms. The van der Waals surface area contributed by atoms with Crippen molar-refractivity contribution in [1.82, 2.24) is 5.32 Å². The van der Waals surface area contributed by atoms with Crippen LogP contribution in [0.25, 0.3) is 0 Å². The number of benzene rings is 1. The number of rotatable bonds is 11. The summed E-state index contributed by atoms with van der Waals surface area (Å²) < 4.78 is 0. The largest absolute Gasteiger partial charge is 0.310 e. The number of hydrogen-bond acceptors (Lipinski definition) is 1. The summed E-state index contributed by atoms with van der Waals surface area (Å²) in [6.45, 7) is 3.49. The number of nitrogens with one attached hydrogen (secondary N) is 1. The average molecular weight is 302 g/mol. The molecule has 0 bridgehead atoms. The third-order valence-electron chi connectivity index (χ3n) is 5.19. The maximum Gasteiger partial charge on any atom is 0.0349 e. The van der Waals surface area contributed by atoms with E-state index < -0.39 is 0 Å². The fourth-order valence-corrected chi connectivity index (χ4v) is 3.84. The van der Waals surface area contributed by atoms with Gasteiger partial charge in [-0.05, 0) is 30.9 Å². The van der Waals surface area contributed by atoms with Crippen molar-refractivity contribution >= 4 is 0 Å². The normalized spacial score (nSPS) is 21.3. The lowest BCUT2D eigenvalue weighted by molar-refractivity contribution is 0.408. The van der Waals surface area contributed by atoms with Gasteiger partial charge in [-0.25, -0.2) is 0 Å². The van der Waals surface area contributed by atoms with Gasteiger partial charge in [0, 0.05) is 6.04 Å². The Morgan fingerprint density at radius 2 is 1.50 bits per heavy atom. The van der Waals surface area contributed by atoms with E-state index in [-0.39, 0.29) is 0 Å². The summed E-state index contributed by atoms with van der Waals surface area (Å²) >= 11 is 0. The van der Waals surface area contributed by atoms with Crippen molar-refractivity contribution in [1.29, 1.82) is 0 Å². The molecule has 124 valence electrons. The van der Waals surface area contributed by atoms with E-state index in [1.165, 1.54) is 82.7 Å². The molecular formula is C21H35N. The second-order valence-corrected chi connectivity index (χ2v) is 7.01. The zero-order valence-corrected chi connectivity index (χ0v) is 14.5. The quantitative estimate of drug-likeness (QED) is 0.476. The second-order valence-electron chi connectivity index (χ2n) is 7.01. The molecule has 0 aromatic heterocycles. The Bertz CT molecular complexity index is 373. The highest BCUT2D eigenvalue weighted by molar-refractivity contribution is 5.20. The van der Waals surface area contributed by atoms with Crippen molar-refractivity contribution in [2.24, 2.45) is 5.92 Å². The highest BCUT2D eigenvalue weighted by Crippen LogP contribution is 2.33. The van der Waals surface area contributed by atoms with E-state index in [4.69, 9.17) is 0 Å². The van der Waals surface area contributed by atoms with Gasteiger partial charge < -0.3 is 5.32 Å². The monoisotopic (exact) mass is 301 g/mol. The van der Waals surface area contributed by atoms with Crippen LogP contribution in [-0.2, 0) is 0 Å². The molecular weight excluding hydrogens is 266 g/mol. The predicted octanol–water partition coefficient (Wildman–Crippen LogP) is 6.26. The molecule has 1 aromatic carbocycles. The van der Waals surface area contributed by atoms with Crippen LogP contribution >= 0.6 is 0 Å². The molecule has 2 rings (SSSR count). The molecule has 0 saturated carbocycles. The van der Waals surface area contributed by atoms with Crippen molar-refractivity contribution in [3.8, 4) is 0 Å². The maximum atomic E-state index is 3.70.